The zero-order valence-electron chi connectivity index (χ0n) is 15.3. The lowest BCUT2D eigenvalue weighted by Crippen LogP contribution is -2.54. The smallest absolute Gasteiger partial charge is 0.325 e. The lowest BCUT2D eigenvalue weighted by Gasteiger charge is -2.43. The molecule has 1 saturated carbocycles. The number of halogens is 1. The van der Waals surface area contributed by atoms with Crippen LogP contribution in [0.25, 0.3) is 0 Å². The molecule has 2 fully saturated rings. The Morgan fingerprint density at radius 2 is 1.92 bits per heavy atom. The minimum absolute atomic E-state index is 0.0314. The van der Waals surface area contributed by atoms with Crippen LogP contribution in [0.4, 0.5) is 10.5 Å². The van der Waals surface area contributed by atoms with Crippen LogP contribution in [-0.2, 0) is 9.59 Å². The molecule has 1 aliphatic carbocycles. The number of rotatable bonds is 3. The second-order valence-electron chi connectivity index (χ2n) is 8.31. The molecule has 2 atom stereocenters. The second-order valence-corrected chi connectivity index (χ2v) is 9.23. The van der Waals surface area contributed by atoms with Crippen molar-refractivity contribution in [3.63, 3.8) is 0 Å². The molecule has 0 unspecified atom stereocenters. The average Bonchev–Trinajstić information content (AvgIpc) is 2.71. The van der Waals surface area contributed by atoms with Crippen molar-refractivity contribution < 1.29 is 14.4 Å². The predicted octanol–water partition coefficient (Wildman–Crippen LogP) is 3.52. The van der Waals surface area contributed by atoms with Crippen molar-refractivity contribution in [2.45, 2.75) is 45.6 Å². The normalized spacial score (nSPS) is 27.5. The predicted molar refractivity (Wildman–Crippen MR) is 103 cm³/mol. The van der Waals surface area contributed by atoms with Crippen LogP contribution < -0.4 is 10.6 Å². The van der Waals surface area contributed by atoms with E-state index >= 15 is 0 Å². The number of nitrogens with one attached hydrogen (secondary N) is 2. The molecule has 0 aromatic heterocycles. The van der Waals surface area contributed by atoms with Crippen LogP contribution in [0.3, 0.4) is 0 Å². The van der Waals surface area contributed by atoms with Crippen molar-refractivity contribution in [1.82, 2.24) is 10.2 Å². The summed E-state index contributed by atoms with van der Waals surface area (Å²) in [6.07, 6.45) is 2.23. The zero-order valence-corrected chi connectivity index (χ0v) is 16.9. The first kappa shape index (κ1) is 18.9. The second kappa shape index (κ2) is 6.68. The highest BCUT2D eigenvalue weighted by molar-refractivity contribution is 9.10. The maximum absolute atomic E-state index is 13.0. The molecule has 1 aliphatic heterocycles. The average molecular weight is 422 g/mol. The topological polar surface area (TPSA) is 78.5 Å². The molecule has 0 radical (unpaired) electrons. The number of nitrogens with zero attached hydrogens (tertiary/aromatic N) is 1. The molecule has 2 aliphatic rings. The Hall–Kier alpha value is -1.89. The van der Waals surface area contributed by atoms with Gasteiger partial charge in [-0.1, -0.05) is 36.7 Å². The number of hydrogen-bond donors (Lipinski definition) is 2. The fourth-order valence-corrected chi connectivity index (χ4v) is 4.79. The highest BCUT2D eigenvalue weighted by Gasteiger charge is 2.56. The Labute approximate surface area is 161 Å². The Bertz CT molecular complexity index is 747. The van der Waals surface area contributed by atoms with Crippen molar-refractivity contribution in [2.24, 2.45) is 11.3 Å². The minimum Gasteiger partial charge on any atom is -0.325 e. The van der Waals surface area contributed by atoms with Gasteiger partial charge in [-0.2, -0.15) is 0 Å². The van der Waals surface area contributed by atoms with Crippen LogP contribution in [0.1, 0.15) is 40.0 Å². The van der Waals surface area contributed by atoms with Gasteiger partial charge < -0.3 is 10.6 Å². The number of amides is 4. The van der Waals surface area contributed by atoms with E-state index in [2.05, 4.69) is 47.3 Å². The first-order chi connectivity index (χ1) is 12.1. The van der Waals surface area contributed by atoms with E-state index in [1.807, 2.05) is 12.1 Å². The molecule has 6 nitrogen and oxygen atoms in total. The van der Waals surface area contributed by atoms with E-state index in [0.29, 0.717) is 24.4 Å². The number of benzene rings is 1. The summed E-state index contributed by atoms with van der Waals surface area (Å²) in [7, 11) is 0. The molecule has 4 amide bonds. The summed E-state index contributed by atoms with van der Waals surface area (Å²) in [4.78, 5) is 38.8. The summed E-state index contributed by atoms with van der Waals surface area (Å²) >= 11 is 3.33. The third kappa shape index (κ3) is 3.77. The number of anilines is 1. The molecule has 1 aromatic carbocycles. The van der Waals surface area contributed by atoms with Gasteiger partial charge in [0.15, 0.2) is 0 Å². The van der Waals surface area contributed by atoms with Gasteiger partial charge in [0.05, 0.1) is 0 Å². The lowest BCUT2D eigenvalue weighted by molar-refractivity contribution is -0.136. The molecular formula is C19H24BrN3O3. The van der Waals surface area contributed by atoms with Crippen LogP contribution in [0.15, 0.2) is 28.7 Å². The summed E-state index contributed by atoms with van der Waals surface area (Å²) in [5.41, 5.74) is -0.292. The van der Waals surface area contributed by atoms with Crippen molar-refractivity contribution in [2.75, 3.05) is 11.9 Å². The molecule has 1 saturated heterocycles. The largest absolute Gasteiger partial charge is 0.325 e. The van der Waals surface area contributed by atoms with E-state index in [0.717, 1.165) is 15.8 Å². The minimum atomic E-state index is -0.879. The zero-order chi connectivity index (χ0) is 19.1. The van der Waals surface area contributed by atoms with Crippen molar-refractivity contribution >= 4 is 39.5 Å². The Kier molecular flexibility index (Phi) is 4.86. The Balaban J connectivity index is 1.71. The van der Waals surface area contributed by atoms with Crippen LogP contribution in [0, 0.1) is 11.3 Å². The van der Waals surface area contributed by atoms with Crippen LogP contribution >= 0.6 is 15.9 Å². The molecule has 1 aromatic rings. The van der Waals surface area contributed by atoms with E-state index in [-0.39, 0.29) is 17.9 Å². The molecule has 26 heavy (non-hydrogen) atoms. The van der Waals surface area contributed by atoms with Crippen molar-refractivity contribution in [3.05, 3.63) is 28.7 Å². The standard InChI is InChI=1S/C19H24BrN3O3/c1-12-8-18(2,3)11-19(9-12)16(25)23(17(26)22-19)10-15(24)21-14-6-4-13(20)5-7-14/h4-7,12H,8-11H2,1-3H3,(H,21,24)(H,22,26)/t12-,19-/m0/s1. The van der Waals surface area contributed by atoms with Crippen LogP contribution in [0.5, 0.6) is 0 Å². The van der Waals surface area contributed by atoms with Crippen molar-refractivity contribution in [3.8, 4) is 0 Å². The van der Waals surface area contributed by atoms with Gasteiger partial charge in [-0.15, -0.1) is 0 Å². The Morgan fingerprint density at radius 1 is 1.27 bits per heavy atom. The quantitative estimate of drug-likeness (QED) is 0.732. The number of urea groups is 1. The molecule has 0 bridgehead atoms. The van der Waals surface area contributed by atoms with Gasteiger partial charge in [-0.25, -0.2) is 4.79 Å². The van der Waals surface area contributed by atoms with Crippen molar-refractivity contribution in [1.29, 1.82) is 0 Å². The number of carbonyl (C=O) groups is 3. The van der Waals surface area contributed by atoms with E-state index in [4.69, 9.17) is 0 Å². The molecular weight excluding hydrogens is 398 g/mol. The number of carbonyl (C=O) groups excluding carboxylic acids is 3. The van der Waals surface area contributed by atoms with E-state index < -0.39 is 17.5 Å². The first-order valence-electron chi connectivity index (χ1n) is 8.80. The highest BCUT2D eigenvalue weighted by atomic mass is 79.9. The summed E-state index contributed by atoms with van der Waals surface area (Å²) in [6.45, 7) is 6.06. The van der Waals surface area contributed by atoms with Crippen LogP contribution in [0.2, 0.25) is 0 Å². The van der Waals surface area contributed by atoms with E-state index in [9.17, 15) is 14.4 Å². The molecule has 1 heterocycles. The van der Waals surface area contributed by atoms with Gasteiger partial charge in [0.1, 0.15) is 12.1 Å². The fraction of sp³-hybridized carbons (Fsp3) is 0.526. The van der Waals surface area contributed by atoms with Gasteiger partial charge in [0, 0.05) is 10.2 Å². The molecule has 3 rings (SSSR count). The van der Waals surface area contributed by atoms with Gasteiger partial charge in [-0.3, -0.25) is 14.5 Å². The summed E-state index contributed by atoms with van der Waals surface area (Å²) < 4.78 is 0.903. The summed E-state index contributed by atoms with van der Waals surface area (Å²) in [5, 5.41) is 5.60. The monoisotopic (exact) mass is 421 g/mol. The lowest BCUT2D eigenvalue weighted by atomic mass is 9.64. The maximum atomic E-state index is 13.0. The first-order valence-corrected chi connectivity index (χ1v) is 9.59. The number of hydrogen-bond acceptors (Lipinski definition) is 3. The molecule has 140 valence electrons. The summed E-state index contributed by atoms with van der Waals surface area (Å²) in [6, 6.07) is 6.64. The summed E-state index contributed by atoms with van der Waals surface area (Å²) in [5.74, 6) is -0.344. The fourth-order valence-electron chi connectivity index (χ4n) is 4.53. The van der Waals surface area contributed by atoms with Crippen LogP contribution in [-0.4, -0.2) is 34.8 Å². The van der Waals surface area contributed by atoms with E-state index in [1.165, 1.54) is 0 Å². The number of imide groups is 1. The third-order valence-corrected chi connectivity index (χ3v) is 5.58. The molecule has 7 heteroatoms. The van der Waals surface area contributed by atoms with Gasteiger partial charge in [-0.05, 0) is 54.9 Å². The molecule has 2 N–H and O–H groups in total. The Morgan fingerprint density at radius 3 is 2.54 bits per heavy atom. The third-order valence-electron chi connectivity index (χ3n) is 5.05. The highest BCUT2D eigenvalue weighted by Crippen LogP contribution is 2.46. The maximum Gasteiger partial charge on any atom is 0.325 e. The SMILES string of the molecule is C[C@H]1CC(C)(C)C[C@]2(C1)NC(=O)N(CC(=O)Nc1ccc(Br)cc1)C2=O. The molecule has 1 spiro atoms. The van der Waals surface area contributed by atoms with E-state index in [1.54, 1.807) is 12.1 Å². The van der Waals surface area contributed by atoms with Gasteiger partial charge >= 0.3 is 6.03 Å². The van der Waals surface area contributed by atoms with Gasteiger partial charge in [0.25, 0.3) is 5.91 Å². The van der Waals surface area contributed by atoms with Gasteiger partial charge in [0.2, 0.25) is 5.91 Å².